The summed E-state index contributed by atoms with van der Waals surface area (Å²) < 4.78 is 0.779. The second-order valence-corrected chi connectivity index (χ2v) is 6.70. The summed E-state index contributed by atoms with van der Waals surface area (Å²) in [6, 6.07) is 8.81. The number of halogens is 1. The first kappa shape index (κ1) is 17.8. The Morgan fingerprint density at radius 1 is 1.19 bits per heavy atom. The Bertz CT molecular complexity index is 1050. The Kier molecular flexibility index (Phi) is 4.83. The maximum Gasteiger partial charge on any atom is 0.270 e. The average Bonchev–Trinajstić information content (AvgIpc) is 2.95. The number of hydrogen-bond donors (Lipinski definition) is 2. The van der Waals surface area contributed by atoms with E-state index in [1.54, 1.807) is 18.2 Å². The van der Waals surface area contributed by atoms with Crippen LogP contribution in [-0.4, -0.2) is 21.7 Å². The fourth-order valence-corrected chi connectivity index (χ4v) is 3.39. The number of nitro groups is 1. The van der Waals surface area contributed by atoms with Crippen LogP contribution in [0.5, 0.6) is 0 Å². The van der Waals surface area contributed by atoms with Crippen molar-refractivity contribution in [3.05, 3.63) is 57.1 Å². The maximum atomic E-state index is 12.3. The molecule has 0 unspecified atom stereocenters. The highest BCUT2D eigenvalue weighted by Gasteiger charge is 2.16. The lowest BCUT2D eigenvalue weighted by Crippen LogP contribution is -2.12. The van der Waals surface area contributed by atoms with Crippen molar-refractivity contribution in [1.29, 1.82) is 0 Å². The van der Waals surface area contributed by atoms with Crippen molar-refractivity contribution in [3.8, 4) is 0 Å². The molecule has 2 aromatic carbocycles. The molecule has 0 radical (unpaired) electrons. The number of nitrogens with zero attached hydrogens (tertiary/aromatic N) is 2. The highest BCUT2D eigenvalue weighted by molar-refractivity contribution is 7.22. The van der Waals surface area contributed by atoms with Crippen LogP contribution in [0.4, 0.5) is 16.5 Å². The predicted octanol–water partition coefficient (Wildman–Crippen LogP) is 4.07. The number of fused-ring (bicyclic) bond motifs is 1. The van der Waals surface area contributed by atoms with Crippen LogP contribution in [0.3, 0.4) is 0 Å². The molecule has 0 aliphatic rings. The predicted molar refractivity (Wildman–Crippen MR) is 100.0 cm³/mol. The fourth-order valence-electron chi connectivity index (χ4n) is 2.23. The topological polar surface area (TPSA) is 114 Å². The number of thiazole rings is 1. The second-order valence-electron chi connectivity index (χ2n) is 5.26. The first-order chi connectivity index (χ1) is 12.3. The molecule has 0 saturated carbocycles. The van der Waals surface area contributed by atoms with Crippen LogP contribution in [-0.2, 0) is 4.79 Å². The highest BCUT2D eigenvalue weighted by Crippen LogP contribution is 2.29. The first-order valence-corrected chi connectivity index (χ1v) is 8.46. The number of carbonyl (C=O) groups excluding carboxylic acids is 2. The lowest BCUT2D eigenvalue weighted by Gasteiger charge is -2.03. The number of benzene rings is 2. The van der Waals surface area contributed by atoms with Crippen LogP contribution in [0.15, 0.2) is 36.4 Å². The minimum absolute atomic E-state index is 0.0224. The van der Waals surface area contributed by atoms with Crippen molar-refractivity contribution < 1.29 is 14.5 Å². The summed E-state index contributed by atoms with van der Waals surface area (Å²) in [5, 5.41) is 16.4. The molecule has 26 heavy (non-hydrogen) atoms. The number of nitrogens with one attached hydrogen (secondary N) is 2. The Morgan fingerprint density at radius 2 is 1.96 bits per heavy atom. The number of non-ortho nitro benzene ring substituents is 1. The first-order valence-electron chi connectivity index (χ1n) is 7.27. The molecule has 1 heterocycles. The normalized spacial score (nSPS) is 10.5. The van der Waals surface area contributed by atoms with Gasteiger partial charge in [-0.3, -0.25) is 25.0 Å². The molecule has 0 fully saturated rings. The van der Waals surface area contributed by atoms with Gasteiger partial charge in [0.05, 0.1) is 25.7 Å². The molecule has 8 nitrogen and oxygen atoms in total. The third kappa shape index (κ3) is 3.79. The summed E-state index contributed by atoms with van der Waals surface area (Å²) in [5.41, 5.74) is 1.20. The van der Waals surface area contributed by atoms with Gasteiger partial charge < -0.3 is 5.32 Å². The summed E-state index contributed by atoms with van der Waals surface area (Å²) in [5.74, 6) is -0.707. The Balaban J connectivity index is 1.83. The van der Waals surface area contributed by atoms with Gasteiger partial charge in [-0.2, -0.15) is 0 Å². The van der Waals surface area contributed by atoms with E-state index in [1.165, 1.54) is 30.4 Å². The minimum atomic E-state index is -0.590. The van der Waals surface area contributed by atoms with Gasteiger partial charge in [-0.25, -0.2) is 4.98 Å². The molecule has 0 atom stereocenters. The zero-order valence-corrected chi connectivity index (χ0v) is 14.9. The molecule has 2 N–H and O–H groups in total. The number of hydrogen-bond acceptors (Lipinski definition) is 6. The van der Waals surface area contributed by atoms with Crippen molar-refractivity contribution in [2.45, 2.75) is 6.92 Å². The SMILES string of the molecule is CC(=O)Nc1ccc2nc(NC(=O)c3ccc([N+](=O)[O-])cc3Cl)sc2c1. The Hall–Kier alpha value is -3.04. The van der Waals surface area contributed by atoms with Crippen molar-refractivity contribution in [3.63, 3.8) is 0 Å². The maximum absolute atomic E-state index is 12.3. The molecule has 10 heteroatoms. The van der Waals surface area contributed by atoms with Crippen LogP contribution in [0, 0.1) is 10.1 Å². The molecule has 0 spiro atoms. The summed E-state index contributed by atoms with van der Waals surface area (Å²) >= 11 is 7.19. The minimum Gasteiger partial charge on any atom is -0.326 e. The molecular weight excluding hydrogens is 380 g/mol. The van der Waals surface area contributed by atoms with E-state index in [0.717, 1.165) is 10.8 Å². The molecule has 132 valence electrons. The van der Waals surface area contributed by atoms with Gasteiger partial charge in [0.1, 0.15) is 0 Å². The fraction of sp³-hybridized carbons (Fsp3) is 0.0625. The molecule has 1 aromatic heterocycles. The molecular formula is C16H11ClN4O4S. The molecule has 2 amide bonds. The summed E-state index contributed by atoms with van der Waals surface area (Å²) in [7, 11) is 0. The van der Waals surface area contributed by atoms with E-state index in [4.69, 9.17) is 11.6 Å². The second kappa shape index (κ2) is 7.06. The van der Waals surface area contributed by atoms with Gasteiger partial charge >= 0.3 is 0 Å². The lowest BCUT2D eigenvalue weighted by atomic mass is 10.2. The molecule has 0 aliphatic carbocycles. The number of nitro benzene ring substituents is 1. The third-order valence-corrected chi connectivity index (χ3v) is 4.58. The van der Waals surface area contributed by atoms with Gasteiger partial charge in [0.15, 0.2) is 5.13 Å². The van der Waals surface area contributed by atoms with E-state index < -0.39 is 10.8 Å². The Labute approximate surface area is 156 Å². The number of aromatic nitrogens is 1. The molecule has 0 aliphatic heterocycles. The van der Waals surface area contributed by atoms with Crippen LogP contribution in [0.2, 0.25) is 5.02 Å². The van der Waals surface area contributed by atoms with Crippen molar-refractivity contribution in [1.82, 2.24) is 4.98 Å². The number of rotatable bonds is 4. The monoisotopic (exact) mass is 390 g/mol. The van der Waals surface area contributed by atoms with Gasteiger partial charge in [0.2, 0.25) is 5.91 Å². The quantitative estimate of drug-likeness (QED) is 0.514. The summed E-state index contributed by atoms with van der Waals surface area (Å²) in [6.07, 6.45) is 0. The number of amides is 2. The summed E-state index contributed by atoms with van der Waals surface area (Å²) in [4.78, 5) is 37.9. The standard InChI is InChI=1S/C16H11ClN4O4S/c1-8(22)18-9-2-5-13-14(6-9)26-16(19-13)20-15(23)11-4-3-10(21(24)25)7-12(11)17/h2-7H,1H3,(H,18,22)(H,19,20,23). The zero-order valence-electron chi connectivity index (χ0n) is 13.3. The molecule has 3 aromatic rings. The van der Waals surface area contributed by atoms with Crippen LogP contribution in [0.1, 0.15) is 17.3 Å². The van der Waals surface area contributed by atoms with Gasteiger partial charge in [0.25, 0.3) is 11.6 Å². The molecule has 0 bridgehead atoms. The van der Waals surface area contributed by atoms with E-state index in [-0.39, 0.29) is 22.2 Å². The lowest BCUT2D eigenvalue weighted by molar-refractivity contribution is -0.384. The van der Waals surface area contributed by atoms with Crippen molar-refractivity contribution >= 4 is 61.5 Å². The Morgan fingerprint density at radius 3 is 2.62 bits per heavy atom. The number of carbonyl (C=O) groups is 2. The van der Waals surface area contributed by atoms with E-state index in [9.17, 15) is 19.7 Å². The molecule has 0 saturated heterocycles. The van der Waals surface area contributed by atoms with Crippen molar-refractivity contribution in [2.24, 2.45) is 0 Å². The van der Waals surface area contributed by atoms with Crippen LogP contribution in [0.25, 0.3) is 10.2 Å². The average molecular weight is 391 g/mol. The number of anilines is 2. The highest BCUT2D eigenvalue weighted by atomic mass is 35.5. The van der Waals surface area contributed by atoms with E-state index in [1.807, 2.05) is 0 Å². The van der Waals surface area contributed by atoms with Gasteiger partial charge in [-0.1, -0.05) is 22.9 Å². The largest absolute Gasteiger partial charge is 0.326 e. The third-order valence-electron chi connectivity index (χ3n) is 3.34. The van der Waals surface area contributed by atoms with Gasteiger partial charge in [-0.15, -0.1) is 0 Å². The van der Waals surface area contributed by atoms with Crippen molar-refractivity contribution in [2.75, 3.05) is 10.6 Å². The van der Waals surface area contributed by atoms with E-state index >= 15 is 0 Å². The van der Waals surface area contributed by atoms with Crippen LogP contribution >= 0.6 is 22.9 Å². The van der Waals surface area contributed by atoms with Crippen LogP contribution < -0.4 is 10.6 Å². The smallest absolute Gasteiger partial charge is 0.270 e. The zero-order chi connectivity index (χ0) is 18.8. The van der Waals surface area contributed by atoms with E-state index in [2.05, 4.69) is 15.6 Å². The molecule has 3 rings (SSSR count). The van der Waals surface area contributed by atoms with Gasteiger partial charge in [-0.05, 0) is 24.3 Å². The summed E-state index contributed by atoms with van der Waals surface area (Å²) in [6.45, 7) is 1.41. The van der Waals surface area contributed by atoms with E-state index in [0.29, 0.717) is 16.3 Å². The van der Waals surface area contributed by atoms with Gasteiger partial charge in [0, 0.05) is 24.7 Å².